The van der Waals surface area contributed by atoms with Crippen molar-refractivity contribution in [2.75, 3.05) is 5.73 Å². The molecule has 3 rings (SSSR count). The van der Waals surface area contributed by atoms with Crippen LogP contribution in [0.4, 0.5) is 5.69 Å². The van der Waals surface area contributed by atoms with Gasteiger partial charge in [0, 0.05) is 12.5 Å². The largest absolute Gasteiger partial charge is 0.397 e. The summed E-state index contributed by atoms with van der Waals surface area (Å²) in [4.78, 5) is 4.95. The maximum Gasteiger partial charge on any atom is 0.113 e. The van der Waals surface area contributed by atoms with Crippen molar-refractivity contribution in [1.82, 2.24) is 9.55 Å². The highest BCUT2D eigenvalue weighted by atomic mass is 15.1. The van der Waals surface area contributed by atoms with Crippen LogP contribution >= 0.6 is 0 Å². The Kier molecular flexibility index (Phi) is 4.47. The highest BCUT2D eigenvalue weighted by Crippen LogP contribution is 2.35. The summed E-state index contributed by atoms with van der Waals surface area (Å²) >= 11 is 0. The van der Waals surface area contributed by atoms with E-state index in [4.69, 9.17) is 10.7 Å². The number of nitrogens with two attached hydrogens (primary N) is 1. The lowest BCUT2D eigenvalue weighted by molar-refractivity contribution is 0.414. The molecule has 21 heavy (non-hydrogen) atoms. The van der Waals surface area contributed by atoms with Crippen molar-refractivity contribution in [3.05, 3.63) is 24.0 Å². The van der Waals surface area contributed by atoms with Crippen LogP contribution in [0.2, 0.25) is 0 Å². The Bertz CT molecular complexity index is 594. The second kappa shape index (κ2) is 6.50. The van der Waals surface area contributed by atoms with E-state index in [9.17, 15) is 0 Å². The molecule has 0 aliphatic heterocycles. The van der Waals surface area contributed by atoms with Gasteiger partial charge in [0.25, 0.3) is 0 Å². The number of hydrogen-bond donors (Lipinski definition) is 1. The molecule has 0 unspecified atom stereocenters. The van der Waals surface area contributed by atoms with Crippen molar-refractivity contribution in [2.45, 2.75) is 70.8 Å². The maximum atomic E-state index is 6.15. The average Bonchev–Trinajstić information content (AvgIpc) is 2.89. The SMILES string of the molecule is CCCCCn1c(C2CCCCC2)nc2c(N)cccc21. The van der Waals surface area contributed by atoms with Crippen molar-refractivity contribution in [3.63, 3.8) is 0 Å². The molecule has 1 heterocycles. The Morgan fingerprint density at radius 3 is 2.76 bits per heavy atom. The van der Waals surface area contributed by atoms with Crippen molar-refractivity contribution in [2.24, 2.45) is 0 Å². The molecular weight excluding hydrogens is 258 g/mol. The van der Waals surface area contributed by atoms with E-state index in [2.05, 4.69) is 23.6 Å². The zero-order valence-electron chi connectivity index (χ0n) is 13.1. The Morgan fingerprint density at radius 2 is 2.00 bits per heavy atom. The molecule has 0 spiro atoms. The maximum absolute atomic E-state index is 6.15. The molecule has 1 saturated carbocycles. The van der Waals surface area contributed by atoms with E-state index in [1.54, 1.807) is 0 Å². The Balaban J connectivity index is 1.99. The second-order valence-corrected chi connectivity index (χ2v) is 6.38. The molecule has 0 saturated heterocycles. The van der Waals surface area contributed by atoms with Crippen LogP contribution in [-0.2, 0) is 6.54 Å². The zero-order chi connectivity index (χ0) is 14.7. The van der Waals surface area contributed by atoms with Gasteiger partial charge in [0.1, 0.15) is 11.3 Å². The van der Waals surface area contributed by atoms with Crippen LogP contribution in [0.5, 0.6) is 0 Å². The van der Waals surface area contributed by atoms with E-state index in [1.807, 2.05) is 6.07 Å². The Hall–Kier alpha value is -1.51. The van der Waals surface area contributed by atoms with Crippen molar-refractivity contribution < 1.29 is 0 Å². The Labute approximate surface area is 127 Å². The van der Waals surface area contributed by atoms with Crippen LogP contribution in [0.3, 0.4) is 0 Å². The number of unbranched alkanes of at least 4 members (excludes halogenated alkanes) is 2. The molecule has 2 aromatic rings. The molecule has 1 aliphatic rings. The van der Waals surface area contributed by atoms with Gasteiger partial charge in [-0.15, -0.1) is 0 Å². The average molecular weight is 285 g/mol. The highest BCUT2D eigenvalue weighted by Gasteiger charge is 2.22. The summed E-state index contributed by atoms with van der Waals surface area (Å²) in [6, 6.07) is 6.20. The minimum Gasteiger partial charge on any atom is -0.397 e. The summed E-state index contributed by atoms with van der Waals surface area (Å²) in [5.74, 6) is 1.92. The minimum atomic E-state index is 0.632. The monoisotopic (exact) mass is 285 g/mol. The van der Waals surface area contributed by atoms with Crippen molar-refractivity contribution >= 4 is 16.7 Å². The summed E-state index contributed by atoms with van der Waals surface area (Å²) in [7, 11) is 0. The quantitative estimate of drug-likeness (QED) is 0.630. The van der Waals surface area contributed by atoms with Gasteiger partial charge in [0.05, 0.1) is 11.2 Å². The smallest absolute Gasteiger partial charge is 0.113 e. The highest BCUT2D eigenvalue weighted by molar-refractivity contribution is 5.87. The molecule has 1 aliphatic carbocycles. The zero-order valence-corrected chi connectivity index (χ0v) is 13.1. The fourth-order valence-electron chi connectivity index (χ4n) is 3.61. The van der Waals surface area contributed by atoms with Gasteiger partial charge < -0.3 is 10.3 Å². The summed E-state index contributed by atoms with van der Waals surface area (Å²) in [6.07, 6.45) is 10.4. The van der Waals surface area contributed by atoms with E-state index in [-0.39, 0.29) is 0 Å². The lowest BCUT2D eigenvalue weighted by Crippen LogP contribution is -2.12. The third-order valence-electron chi connectivity index (χ3n) is 4.80. The molecule has 1 aromatic heterocycles. The van der Waals surface area contributed by atoms with Gasteiger partial charge >= 0.3 is 0 Å². The minimum absolute atomic E-state index is 0.632. The first-order valence-electron chi connectivity index (χ1n) is 8.56. The number of nitrogen functional groups attached to an aromatic ring is 1. The standard InChI is InChI=1S/C18H27N3/c1-2-3-7-13-21-16-12-8-11-15(19)17(16)20-18(21)14-9-5-4-6-10-14/h8,11-12,14H,2-7,9-10,13,19H2,1H3. The molecule has 0 amide bonds. The Morgan fingerprint density at radius 1 is 1.19 bits per heavy atom. The number of nitrogens with zero attached hydrogens (tertiary/aromatic N) is 2. The van der Waals surface area contributed by atoms with E-state index in [1.165, 1.54) is 62.7 Å². The third kappa shape index (κ3) is 2.92. The van der Waals surface area contributed by atoms with Gasteiger partial charge in [-0.1, -0.05) is 45.1 Å². The molecule has 114 valence electrons. The summed E-state index contributed by atoms with van der Waals surface area (Å²) in [5, 5.41) is 0. The lowest BCUT2D eigenvalue weighted by atomic mass is 9.88. The summed E-state index contributed by atoms with van der Waals surface area (Å²) in [5.41, 5.74) is 9.20. The van der Waals surface area contributed by atoms with Crippen LogP contribution in [-0.4, -0.2) is 9.55 Å². The van der Waals surface area contributed by atoms with E-state index in [0.717, 1.165) is 17.7 Å². The normalized spacial score (nSPS) is 16.6. The first kappa shape index (κ1) is 14.4. The third-order valence-corrected chi connectivity index (χ3v) is 4.80. The molecule has 1 aromatic carbocycles. The fourth-order valence-corrected chi connectivity index (χ4v) is 3.61. The number of benzene rings is 1. The number of aryl methyl sites for hydroxylation is 1. The number of hydrogen-bond acceptors (Lipinski definition) is 2. The molecule has 2 N–H and O–H groups in total. The lowest BCUT2D eigenvalue weighted by Gasteiger charge is -2.22. The van der Waals surface area contributed by atoms with Gasteiger partial charge in [-0.05, 0) is 31.4 Å². The van der Waals surface area contributed by atoms with E-state index < -0.39 is 0 Å². The number of anilines is 1. The first-order valence-corrected chi connectivity index (χ1v) is 8.56. The first-order chi connectivity index (χ1) is 10.3. The molecular formula is C18H27N3. The van der Waals surface area contributed by atoms with Crippen LogP contribution < -0.4 is 5.73 Å². The van der Waals surface area contributed by atoms with Crippen LogP contribution in [0.15, 0.2) is 18.2 Å². The molecule has 3 nitrogen and oxygen atoms in total. The van der Waals surface area contributed by atoms with Crippen LogP contribution in [0, 0.1) is 0 Å². The van der Waals surface area contributed by atoms with E-state index in [0.29, 0.717) is 5.92 Å². The van der Waals surface area contributed by atoms with Gasteiger partial charge in [-0.2, -0.15) is 0 Å². The van der Waals surface area contributed by atoms with Crippen molar-refractivity contribution in [3.8, 4) is 0 Å². The number of aromatic nitrogens is 2. The van der Waals surface area contributed by atoms with Gasteiger partial charge in [-0.25, -0.2) is 4.98 Å². The predicted molar refractivity (Wildman–Crippen MR) is 89.5 cm³/mol. The topological polar surface area (TPSA) is 43.8 Å². The molecule has 3 heteroatoms. The van der Waals surface area contributed by atoms with E-state index >= 15 is 0 Å². The van der Waals surface area contributed by atoms with Crippen LogP contribution in [0.25, 0.3) is 11.0 Å². The van der Waals surface area contributed by atoms with Gasteiger partial charge in [0.15, 0.2) is 0 Å². The summed E-state index contributed by atoms with van der Waals surface area (Å²) in [6.45, 7) is 3.34. The summed E-state index contributed by atoms with van der Waals surface area (Å²) < 4.78 is 2.46. The molecule has 0 atom stereocenters. The molecule has 0 radical (unpaired) electrons. The van der Waals surface area contributed by atoms with Crippen LogP contribution in [0.1, 0.15) is 70.0 Å². The fraction of sp³-hybridized carbons (Fsp3) is 0.611. The molecule has 1 fully saturated rings. The number of para-hydroxylation sites is 1. The van der Waals surface area contributed by atoms with Gasteiger partial charge in [-0.3, -0.25) is 0 Å². The number of rotatable bonds is 5. The number of imidazole rings is 1. The van der Waals surface area contributed by atoms with Crippen molar-refractivity contribution in [1.29, 1.82) is 0 Å². The predicted octanol–water partition coefficient (Wildman–Crippen LogP) is 4.86. The molecule has 0 bridgehead atoms. The number of fused-ring (bicyclic) bond motifs is 1. The second-order valence-electron chi connectivity index (χ2n) is 6.38. The van der Waals surface area contributed by atoms with Gasteiger partial charge in [0.2, 0.25) is 0 Å².